The number of carbonyl (C=O) groups is 4. The summed E-state index contributed by atoms with van der Waals surface area (Å²) < 4.78 is 14.9. The van der Waals surface area contributed by atoms with Crippen LogP contribution in [0.3, 0.4) is 0 Å². The molecule has 0 aromatic heterocycles. The summed E-state index contributed by atoms with van der Waals surface area (Å²) in [6.07, 6.45) is 2.39. The van der Waals surface area contributed by atoms with Gasteiger partial charge in [0.15, 0.2) is 11.5 Å². The van der Waals surface area contributed by atoms with E-state index in [9.17, 15) is 19.2 Å². The minimum atomic E-state index is -0.728. The highest BCUT2D eigenvalue weighted by atomic mass is 32.2. The lowest BCUT2D eigenvalue weighted by Gasteiger charge is -2.18. The predicted octanol–water partition coefficient (Wildman–Crippen LogP) is 0.741. The van der Waals surface area contributed by atoms with E-state index in [0.717, 1.165) is 0 Å². The Hall–Kier alpha value is -2.95. The smallest absolute Gasteiger partial charge is 0.307 e. The number of hydrogen-bond acceptors (Lipinski definition) is 8. The minimum Gasteiger partial charge on any atom is -0.493 e. The van der Waals surface area contributed by atoms with Crippen molar-refractivity contribution in [2.24, 2.45) is 0 Å². The summed E-state index contributed by atoms with van der Waals surface area (Å²) in [5.74, 6) is 0.0686. The number of carbonyl (C=O) groups excluding carboxylic acids is 4. The Morgan fingerprint density at radius 2 is 1.66 bits per heavy atom. The van der Waals surface area contributed by atoms with Gasteiger partial charge >= 0.3 is 5.97 Å². The zero-order chi connectivity index (χ0) is 23.9. The van der Waals surface area contributed by atoms with Crippen molar-refractivity contribution in [2.75, 3.05) is 46.4 Å². The standard InChI is InChI=1S/C21H31N3O7S/c1-29-16-6-5-14(13-17(16)30-2)20(27)22-10-7-18(25)24-15(9-12-32-4)21(28)23-11-8-19(26)31-3/h5-6,13,15H,7-12H2,1-4H3,(H,22,27)(H,23,28)(H,24,25)/t15-/m0/s1. The molecule has 0 unspecified atom stereocenters. The molecule has 178 valence electrons. The first-order chi connectivity index (χ1) is 15.4. The summed E-state index contributed by atoms with van der Waals surface area (Å²) in [6, 6.07) is 4.03. The zero-order valence-corrected chi connectivity index (χ0v) is 19.6. The molecule has 1 atom stereocenters. The Balaban J connectivity index is 2.53. The van der Waals surface area contributed by atoms with Crippen LogP contribution in [0.2, 0.25) is 0 Å². The summed E-state index contributed by atoms with van der Waals surface area (Å²) in [5.41, 5.74) is 0.367. The largest absolute Gasteiger partial charge is 0.493 e. The van der Waals surface area contributed by atoms with Gasteiger partial charge < -0.3 is 30.2 Å². The molecule has 1 aromatic rings. The van der Waals surface area contributed by atoms with Gasteiger partial charge in [-0.25, -0.2) is 0 Å². The first-order valence-corrected chi connectivity index (χ1v) is 11.4. The van der Waals surface area contributed by atoms with E-state index in [1.807, 2.05) is 6.26 Å². The highest BCUT2D eigenvalue weighted by Gasteiger charge is 2.20. The van der Waals surface area contributed by atoms with E-state index in [0.29, 0.717) is 29.2 Å². The van der Waals surface area contributed by atoms with Gasteiger partial charge in [0, 0.05) is 25.1 Å². The zero-order valence-electron chi connectivity index (χ0n) is 18.8. The van der Waals surface area contributed by atoms with Crippen molar-refractivity contribution in [3.63, 3.8) is 0 Å². The van der Waals surface area contributed by atoms with Crippen LogP contribution in [0.15, 0.2) is 18.2 Å². The molecule has 10 nitrogen and oxygen atoms in total. The average molecular weight is 470 g/mol. The maximum Gasteiger partial charge on any atom is 0.307 e. The third kappa shape index (κ3) is 9.46. The van der Waals surface area contributed by atoms with Crippen molar-refractivity contribution in [2.45, 2.75) is 25.3 Å². The molecule has 1 aromatic carbocycles. The quantitative estimate of drug-likeness (QED) is 0.340. The van der Waals surface area contributed by atoms with Crippen molar-refractivity contribution in [3.8, 4) is 11.5 Å². The van der Waals surface area contributed by atoms with E-state index in [-0.39, 0.29) is 43.7 Å². The van der Waals surface area contributed by atoms with E-state index < -0.39 is 12.0 Å². The van der Waals surface area contributed by atoms with Gasteiger partial charge in [-0.3, -0.25) is 19.2 Å². The molecule has 0 aliphatic heterocycles. The fourth-order valence-electron chi connectivity index (χ4n) is 2.65. The normalized spacial score (nSPS) is 11.1. The van der Waals surface area contributed by atoms with Gasteiger partial charge in [-0.1, -0.05) is 0 Å². The molecule has 11 heteroatoms. The molecule has 0 bridgehead atoms. The highest BCUT2D eigenvalue weighted by molar-refractivity contribution is 7.98. The fourth-order valence-corrected chi connectivity index (χ4v) is 3.12. The summed E-state index contributed by atoms with van der Waals surface area (Å²) in [4.78, 5) is 48.1. The highest BCUT2D eigenvalue weighted by Crippen LogP contribution is 2.27. The molecule has 0 aliphatic rings. The summed E-state index contributed by atoms with van der Waals surface area (Å²) in [6.45, 7) is 0.219. The molecule has 0 radical (unpaired) electrons. The molecule has 0 fully saturated rings. The van der Waals surface area contributed by atoms with Gasteiger partial charge in [-0.2, -0.15) is 11.8 Å². The van der Waals surface area contributed by atoms with Crippen molar-refractivity contribution in [1.29, 1.82) is 0 Å². The monoisotopic (exact) mass is 469 g/mol. The summed E-state index contributed by atoms with van der Waals surface area (Å²) >= 11 is 1.55. The number of ether oxygens (including phenoxy) is 3. The van der Waals surface area contributed by atoms with Crippen LogP contribution in [0.1, 0.15) is 29.6 Å². The molecular formula is C21H31N3O7S. The molecule has 3 N–H and O–H groups in total. The molecule has 32 heavy (non-hydrogen) atoms. The second-order valence-corrected chi connectivity index (χ2v) is 7.58. The maximum atomic E-state index is 12.4. The van der Waals surface area contributed by atoms with Crippen LogP contribution < -0.4 is 25.4 Å². The van der Waals surface area contributed by atoms with E-state index in [1.54, 1.807) is 30.0 Å². The molecular weight excluding hydrogens is 438 g/mol. The Kier molecular flexibility index (Phi) is 12.7. The van der Waals surface area contributed by atoms with Gasteiger partial charge in [-0.05, 0) is 36.6 Å². The lowest BCUT2D eigenvalue weighted by Crippen LogP contribution is -2.48. The van der Waals surface area contributed by atoms with E-state index in [2.05, 4.69) is 20.7 Å². The van der Waals surface area contributed by atoms with Crippen LogP contribution in [0.25, 0.3) is 0 Å². The number of thioether (sulfide) groups is 1. The Labute approximate surface area is 192 Å². The lowest BCUT2D eigenvalue weighted by atomic mass is 10.2. The number of nitrogens with one attached hydrogen (secondary N) is 3. The maximum absolute atomic E-state index is 12.4. The Morgan fingerprint density at radius 1 is 0.969 bits per heavy atom. The number of methoxy groups -OCH3 is 3. The van der Waals surface area contributed by atoms with Crippen molar-refractivity contribution in [3.05, 3.63) is 23.8 Å². The summed E-state index contributed by atoms with van der Waals surface area (Å²) in [5, 5.41) is 7.97. The van der Waals surface area contributed by atoms with Crippen molar-refractivity contribution in [1.82, 2.24) is 16.0 Å². The van der Waals surface area contributed by atoms with Crippen LogP contribution in [0.4, 0.5) is 0 Å². The Morgan fingerprint density at radius 3 is 2.28 bits per heavy atom. The molecule has 0 spiro atoms. The van der Waals surface area contributed by atoms with Crippen LogP contribution in [-0.4, -0.2) is 76.2 Å². The van der Waals surface area contributed by atoms with Gasteiger partial charge in [0.1, 0.15) is 6.04 Å². The third-order valence-corrected chi connectivity index (χ3v) is 5.05. The first kappa shape index (κ1) is 27.1. The molecule has 0 heterocycles. The second-order valence-electron chi connectivity index (χ2n) is 6.59. The van der Waals surface area contributed by atoms with Crippen molar-refractivity contribution < 1.29 is 33.4 Å². The molecule has 1 rings (SSSR count). The van der Waals surface area contributed by atoms with Crippen molar-refractivity contribution >= 4 is 35.5 Å². The fraction of sp³-hybridized carbons (Fsp3) is 0.524. The van der Waals surface area contributed by atoms with E-state index >= 15 is 0 Å². The molecule has 0 saturated heterocycles. The first-order valence-electron chi connectivity index (χ1n) is 9.99. The Bertz CT molecular complexity index is 789. The number of hydrogen-bond donors (Lipinski definition) is 3. The van der Waals surface area contributed by atoms with Gasteiger partial charge in [0.05, 0.1) is 27.8 Å². The summed E-state index contributed by atoms with van der Waals surface area (Å²) in [7, 11) is 4.25. The number of rotatable bonds is 14. The topological polar surface area (TPSA) is 132 Å². The van der Waals surface area contributed by atoms with Gasteiger partial charge in [0.25, 0.3) is 5.91 Å². The van der Waals surface area contributed by atoms with E-state index in [1.165, 1.54) is 21.3 Å². The van der Waals surface area contributed by atoms with E-state index in [4.69, 9.17) is 9.47 Å². The average Bonchev–Trinajstić information content (AvgIpc) is 2.80. The number of amides is 3. The second kappa shape index (κ2) is 15.0. The SMILES string of the molecule is COC(=O)CCNC(=O)[C@H](CCSC)NC(=O)CCNC(=O)c1ccc(OC)c(OC)c1. The van der Waals surface area contributed by atoms with Crippen LogP contribution >= 0.6 is 11.8 Å². The van der Waals surface area contributed by atoms with Crippen LogP contribution in [-0.2, 0) is 19.1 Å². The third-order valence-electron chi connectivity index (χ3n) is 4.40. The minimum absolute atomic E-state index is 0.00420. The molecule has 3 amide bonds. The number of benzene rings is 1. The predicted molar refractivity (Wildman–Crippen MR) is 121 cm³/mol. The molecule has 0 aliphatic carbocycles. The van der Waals surface area contributed by atoms with Crippen LogP contribution in [0.5, 0.6) is 11.5 Å². The number of esters is 1. The van der Waals surface area contributed by atoms with Crippen LogP contribution in [0, 0.1) is 0 Å². The van der Waals surface area contributed by atoms with Gasteiger partial charge in [-0.15, -0.1) is 0 Å². The molecule has 0 saturated carbocycles. The van der Waals surface area contributed by atoms with Gasteiger partial charge in [0.2, 0.25) is 11.8 Å². The lowest BCUT2D eigenvalue weighted by molar-refractivity contribution is -0.140.